The van der Waals surface area contributed by atoms with Crippen molar-refractivity contribution in [1.29, 1.82) is 0 Å². The second-order valence-electron chi connectivity index (χ2n) is 5.85. The van der Waals surface area contributed by atoms with Gasteiger partial charge in [-0.15, -0.1) is 0 Å². The number of H-pyrrole nitrogens is 1. The fourth-order valence-corrected chi connectivity index (χ4v) is 2.84. The molecule has 8 nitrogen and oxygen atoms in total. The summed E-state index contributed by atoms with van der Waals surface area (Å²) in [5, 5.41) is 4.71. The number of anilines is 1. The van der Waals surface area contributed by atoms with Crippen molar-refractivity contribution in [1.82, 2.24) is 29.7 Å². The lowest BCUT2D eigenvalue weighted by atomic mass is 10.1. The molecule has 0 aliphatic carbocycles. The molecule has 0 saturated carbocycles. The number of pyridine rings is 1. The largest absolute Gasteiger partial charge is 0.384 e. The van der Waals surface area contributed by atoms with E-state index in [4.69, 9.17) is 20.6 Å². The van der Waals surface area contributed by atoms with Crippen molar-refractivity contribution in [3.8, 4) is 11.5 Å². The van der Waals surface area contributed by atoms with E-state index in [-0.39, 0.29) is 5.92 Å². The first-order valence-electron chi connectivity index (χ1n) is 8.02. The lowest BCUT2D eigenvalue weighted by Crippen LogP contribution is -2.07. The van der Waals surface area contributed by atoms with Crippen LogP contribution in [0.5, 0.6) is 0 Å². The first-order chi connectivity index (χ1) is 11.8. The molecule has 4 rings (SSSR count). The number of hydrogen-bond donors (Lipinski definition) is 2. The van der Waals surface area contributed by atoms with Crippen LogP contribution in [0.25, 0.3) is 11.5 Å². The summed E-state index contributed by atoms with van der Waals surface area (Å²) in [6.07, 6.45) is 5.24. The quantitative estimate of drug-likeness (QED) is 0.734. The molecule has 3 N–H and O–H groups in total. The number of nitrogen functional groups attached to an aromatic ring is 1. The van der Waals surface area contributed by atoms with E-state index in [0.717, 1.165) is 42.5 Å². The third kappa shape index (κ3) is 3.00. The van der Waals surface area contributed by atoms with Gasteiger partial charge in [0.05, 0.1) is 12.9 Å². The molecule has 24 heavy (non-hydrogen) atoms. The molecule has 3 aromatic heterocycles. The van der Waals surface area contributed by atoms with Gasteiger partial charge in [-0.3, -0.25) is 0 Å². The minimum absolute atomic E-state index is 0.248. The maximum Gasteiger partial charge on any atom is 0.177 e. The van der Waals surface area contributed by atoms with Crippen molar-refractivity contribution in [3.63, 3.8) is 0 Å². The van der Waals surface area contributed by atoms with E-state index < -0.39 is 0 Å². The van der Waals surface area contributed by atoms with Crippen LogP contribution in [0.1, 0.15) is 23.9 Å². The van der Waals surface area contributed by atoms with Crippen LogP contribution in [-0.2, 0) is 17.7 Å². The highest BCUT2D eigenvalue weighted by Crippen LogP contribution is 2.25. The Balaban J connectivity index is 1.66. The Morgan fingerprint density at radius 2 is 2.29 bits per heavy atom. The van der Waals surface area contributed by atoms with Crippen LogP contribution in [0.15, 0.2) is 30.7 Å². The average molecular weight is 325 g/mol. The van der Waals surface area contributed by atoms with E-state index in [1.807, 2.05) is 23.0 Å². The first-order valence-corrected chi connectivity index (χ1v) is 8.02. The van der Waals surface area contributed by atoms with Gasteiger partial charge in [-0.2, -0.15) is 5.10 Å². The van der Waals surface area contributed by atoms with Gasteiger partial charge >= 0.3 is 0 Å². The van der Waals surface area contributed by atoms with Crippen LogP contribution in [0, 0.1) is 0 Å². The van der Waals surface area contributed by atoms with Gasteiger partial charge in [0.1, 0.15) is 11.5 Å². The summed E-state index contributed by atoms with van der Waals surface area (Å²) in [6, 6.07) is 5.55. The second kappa shape index (κ2) is 6.40. The predicted molar refractivity (Wildman–Crippen MR) is 88.1 cm³/mol. The fraction of sp³-hybridized carbons (Fsp3) is 0.375. The molecule has 1 aliphatic rings. The highest BCUT2D eigenvalue weighted by molar-refractivity contribution is 5.52. The lowest BCUT2D eigenvalue weighted by molar-refractivity contribution is 0.193. The molecule has 0 spiro atoms. The smallest absolute Gasteiger partial charge is 0.177 e. The maximum absolute atomic E-state index is 5.82. The number of nitrogens with one attached hydrogen (secondary N) is 1. The Morgan fingerprint density at radius 3 is 3.04 bits per heavy atom. The molecule has 0 bridgehead atoms. The average Bonchev–Trinajstić information content (AvgIpc) is 3.33. The lowest BCUT2D eigenvalue weighted by Gasteiger charge is -2.05. The van der Waals surface area contributed by atoms with Crippen molar-refractivity contribution in [2.45, 2.75) is 25.3 Å². The summed E-state index contributed by atoms with van der Waals surface area (Å²) >= 11 is 0. The van der Waals surface area contributed by atoms with E-state index >= 15 is 0 Å². The van der Waals surface area contributed by atoms with Gasteiger partial charge in [0.25, 0.3) is 0 Å². The molecular formula is C16H19N7O. The van der Waals surface area contributed by atoms with E-state index in [1.54, 1.807) is 12.4 Å². The Hall–Kier alpha value is -2.74. The van der Waals surface area contributed by atoms with Crippen molar-refractivity contribution >= 4 is 5.82 Å². The van der Waals surface area contributed by atoms with E-state index in [0.29, 0.717) is 19.0 Å². The molecule has 4 heterocycles. The van der Waals surface area contributed by atoms with Gasteiger partial charge in [0.15, 0.2) is 11.6 Å². The van der Waals surface area contributed by atoms with Crippen molar-refractivity contribution in [2.24, 2.45) is 0 Å². The predicted octanol–water partition coefficient (Wildman–Crippen LogP) is 1.39. The van der Waals surface area contributed by atoms with Gasteiger partial charge < -0.3 is 15.5 Å². The number of hydrogen-bond acceptors (Lipinski definition) is 6. The normalized spacial score (nSPS) is 17.4. The van der Waals surface area contributed by atoms with Gasteiger partial charge in [-0.05, 0) is 18.6 Å². The summed E-state index contributed by atoms with van der Waals surface area (Å²) in [6.45, 7) is 2.13. The SMILES string of the molecule is Nc1cccc(-c2nc([C@@H]3CCOC3)nn2CCc2cnc[nH]2)n1. The topological polar surface area (TPSA) is 108 Å². The summed E-state index contributed by atoms with van der Waals surface area (Å²) in [7, 11) is 0. The van der Waals surface area contributed by atoms with Gasteiger partial charge in [-0.25, -0.2) is 19.6 Å². The molecule has 1 atom stereocenters. The maximum atomic E-state index is 5.82. The Labute approximate surface area is 139 Å². The minimum atomic E-state index is 0.248. The number of rotatable bonds is 5. The molecule has 0 radical (unpaired) electrons. The number of nitrogens with two attached hydrogens (primary N) is 1. The second-order valence-corrected chi connectivity index (χ2v) is 5.85. The third-order valence-electron chi connectivity index (χ3n) is 4.13. The van der Waals surface area contributed by atoms with Crippen LogP contribution in [0.3, 0.4) is 0 Å². The van der Waals surface area contributed by atoms with Crippen LogP contribution >= 0.6 is 0 Å². The first kappa shape index (κ1) is 14.8. The molecule has 124 valence electrons. The molecule has 0 unspecified atom stereocenters. The molecule has 8 heteroatoms. The van der Waals surface area contributed by atoms with E-state index in [1.165, 1.54) is 0 Å². The number of aromatic amines is 1. The van der Waals surface area contributed by atoms with Crippen molar-refractivity contribution < 1.29 is 4.74 Å². The number of ether oxygens (including phenoxy) is 1. The molecule has 1 saturated heterocycles. The zero-order valence-corrected chi connectivity index (χ0v) is 13.2. The third-order valence-corrected chi connectivity index (χ3v) is 4.13. The summed E-state index contributed by atoms with van der Waals surface area (Å²) in [5.74, 6) is 2.28. The Morgan fingerprint density at radius 1 is 1.33 bits per heavy atom. The number of nitrogens with zero attached hydrogens (tertiary/aromatic N) is 5. The van der Waals surface area contributed by atoms with Crippen LogP contribution in [-0.4, -0.2) is 42.9 Å². The highest BCUT2D eigenvalue weighted by atomic mass is 16.5. The van der Waals surface area contributed by atoms with Gasteiger partial charge in [-0.1, -0.05) is 6.07 Å². The monoisotopic (exact) mass is 325 g/mol. The molecule has 3 aromatic rings. The van der Waals surface area contributed by atoms with E-state index in [9.17, 15) is 0 Å². The van der Waals surface area contributed by atoms with Crippen LogP contribution in [0.2, 0.25) is 0 Å². The Kier molecular flexibility index (Phi) is 3.96. The Bertz CT molecular complexity index is 806. The summed E-state index contributed by atoms with van der Waals surface area (Å²) in [5.41, 5.74) is 7.62. The van der Waals surface area contributed by atoms with E-state index in [2.05, 4.69) is 15.0 Å². The summed E-state index contributed by atoms with van der Waals surface area (Å²) < 4.78 is 7.37. The van der Waals surface area contributed by atoms with Crippen molar-refractivity contribution in [3.05, 3.63) is 42.2 Å². The molecule has 1 fully saturated rings. The summed E-state index contributed by atoms with van der Waals surface area (Å²) in [4.78, 5) is 16.3. The highest BCUT2D eigenvalue weighted by Gasteiger charge is 2.24. The number of aryl methyl sites for hydroxylation is 2. The number of imidazole rings is 1. The molecule has 0 aromatic carbocycles. The van der Waals surface area contributed by atoms with Gasteiger partial charge in [0.2, 0.25) is 0 Å². The van der Waals surface area contributed by atoms with Crippen LogP contribution < -0.4 is 5.73 Å². The zero-order chi connectivity index (χ0) is 16.4. The minimum Gasteiger partial charge on any atom is -0.384 e. The number of aromatic nitrogens is 6. The fourth-order valence-electron chi connectivity index (χ4n) is 2.84. The zero-order valence-electron chi connectivity index (χ0n) is 13.2. The van der Waals surface area contributed by atoms with Crippen molar-refractivity contribution in [2.75, 3.05) is 18.9 Å². The van der Waals surface area contributed by atoms with Gasteiger partial charge in [0, 0.05) is 37.4 Å². The molecule has 1 aliphatic heterocycles. The van der Waals surface area contributed by atoms with Crippen LogP contribution in [0.4, 0.5) is 5.82 Å². The standard InChI is InChI=1S/C16H19N7O/c17-14-3-1-2-13(20-14)16-21-15(11-5-7-24-9-11)22-23(16)6-4-12-8-18-10-19-12/h1-3,8,10-11H,4-7,9H2,(H2,17,20)(H,18,19)/t11-/m1/s1. The molecule has 0 amide bonds. The molecular weight excluding hydrogens is 306 g/mol.